The molecule has 1 aromatic carbocycles. The highest BCUT2D eigenvalue weighted by molar-refractivity contribution is 5.84. The number of nitrogens with one attached hydrogen (secondary N) is 1. The van der Waals surface area contributed by atoms with Crippen LogP contribution < -0.4 is 5.32 Å². The number of ether oxygens (including phenoxy) is 2. The largest absolute Gasteiger partial charge is 0.479 e. The Kier molecular flexibility index (Phi) is 6.75. The quantitative estimate of drug-likeness (QED) is 0.797. The van der Waals surface area contributed by atoms with Crippen LogP contribution >= 0.6 is 0 Å². The summed E-state index contributed by atoms with van der Waals surface area (Å²) in [6, 6.07) is 4.49. The minimum Gasteiger partial charge on any atom is -0.479 e. The number of hydrogen-bond acceptors (Lipinski definition) is 4. The Morgan fingerprint density at radius 2 is 1.88 bits per heavy atom. The second-order valence-corrected chi connectivity index (χ2v) is 6.19. The number of carboxylic acid groups (broad SMARTS) is 1. The first kappa shape index (κ1) is 18.4. The van der Waals surface area contributed by atoms with Crippen LogP contribution in [0.3, 0.4) is 0 Å². The van der Waals surface area contributed by atoms with Gasteiger partial charge in [0.05, 0.1) is 19.1 Å². The van der Waals surface area contributed by atoms with Crippen LogP contribution in [0.4, 0.5) is 0 Å². The maximum atomic E-state index is 12.1. The summed E-state index contributed by atoms with van der Waals surface area (Å²) in [5.74, 6) is -1.40. The summed E-state index contributed by atoms with van der Waals surface area (Å²) in [6.07, 6.45) is 1.94. The Morgan fingerprint density at radius 1 is 1.25 bits per heavy atom. The van der Waals surface area contributed by atoms with E-state index in [-0.39, 0.29) is 25.0 Å². The average Bonchev–Trinajstić information content (AvgIpc) is 2.52. The lowest BCUT2D eigenvalue weighted by Gasteiger charge is -2.22. The van der Waals surface area contributed by atoms with Crippen LogP contribution in [-0.4, -0.2) is 42.9 Å². The van der Waals surface area contributed by atoms with Crippen molar-refractivity contribution in [3.8, 4) is 0 Å². The summed E-state index contributed by atoms with van der Waals surface area (Å²) in [6.45, 7) is 5.46. The van der Waals surface area contributed by atoms with E-state index in [1.54, 1.807) is 12.1 Å². The first-order chi connectivity index (χ1) is 11.5. The van der Waals surface area contributed by atoms with Crippen molar-refractivity contribution in [1.82, 2.24) is 5.32 Å². The van der Waals surface area contributed by atoms with E-state index >= 15 is 0 Å². The molecule has 0 aliphatic carbocycles. The molecule has 1 aliphatic heterocycles. The van der Waals surface area contributed by atoms with Crippen LogP contribution in [0, 0.1) is 13.8 Å². The Hall–Kier alpha value is -1.92. The van der Waals surface area contributed by atoms with E-state index in [4.69, 9.17) is 9.47 Å². The zero-order valence-corrected chi connectivity index (χ0v) is 14.2. The molecule has 1 fully saturated rings. The molecule has 24 heavy (non-hydrogen) atoms. The zero-order chi connectivity index (χ0) is 17.5. The molecule has 1 atom stereocenters. The van der Waals surface area contributed by atoms with Gasteiger partial charge >= 0.3 is 5.97 Å². The number of aryl methyl sites for hydroxylation is 2. The molecule has 0 spiro atoms. The van der Waals surface area contributed by atoms with E-state index in [2.05, 4.69) is 5.32 Å². The van der Waals surface area contributed by atoms with E-state index in [9.17, 15) is 14.7 Å². The van der Waals surface area contributed by atoms with Gasteiger partial charge in [-0.3, -0.25) is 4.79 Å². The fraction of sp³-hybridized carbons (Fsp3) is 0.556. The molecule has 132 valence electrons. The molecule has 1 saturated heterocycles. The van der Waals surface area contributed by atoms with Crippen molar-refractivity contribution in [2.45, 2.75) is 45.3 Å². The third-order valence-corrected chi connectivity index (χ3v) is 3.98. The fourth-order valence-electron chi connectivity index (χ4n) is 2.86. The van der Waals surface area contributed by atoms with Crippen LogP contribution in [0.1, 0.15) is 42.0 Å². The standard InChI is InChI=1S/C18H25NO5/c1-12-9-13(2)11-14(10-12)17(18(21)22)19-16(20)5-8-24-15-3-6-23-7-4-15/h9-11,15,17H,3-8H2,1-2H3,(H,19,20)(H,21,22). The van der Waals surface area contributed by atoms with Gasteiger partial charge in [0.15, 0.2) is 6.04 Å². The second kappa shape index (κ2) is 8.80. The monoisotopic (exact) mass is 335 g/mol. The Morgan fingerprint density at radius 3 is 2.46 bits per heavy atom. The summed E-state index contributed by atoms with van der Waals surface area (Å²) >= 11 is 0. The summed E-state index contributed by atoms with van der Waals surface area (Å²) in [7, 11) is 0. The SMILES string of the molecule is Cc1cc(C)cc(C(NC(=O)CCOC2CCOCC2)C(=O)O)c1. The molecule has 1 aliphatic rings. The molecule has 2 N–H and O–H groups in total. The molecular formula is C18H25NO5. The van der Waals surface area contributed by atoms with Gasteiger partial charge in [-0.15, -0.1) is 0 Å². The van der Waals surface area contributed by atoms with Crippen molar-refractivity contribution in [2.75, 3.05) is 19.8 Å². The lowest BCUT2D eigenvalue weighted by molar-refractivity contribution is -0.142. The summed E-state index contributed by atoms with van der Waals surface area (Å²) < 4.78 is 10.9. The van der Waals surface area contributed by atoms with Gasteiger partial charge < -0.3 is 19.9 Å². The summed E-state index contributed by atoms with van der Waals surface area (Å²) in [5.41, 5.74) is 2.51. The Bertz CT molecular complexity index is 561. The van der Waals surface area contributed by atoms with Gasteiger partial charge in [-0.2, -0.15) is 0 Å². The van der Waals surface area contributed by atoms with Crippen molar-refractivity contribution >= 4 is 11.9 Å². The molecular weight excluding hydrogens is 310 g/mol. The molecule has 1 aromatic rings. The van der Waals surface area contributed by atoms with Gasteiger partial charge in [0.25, 0.3) is 0 Å². The third-order valence-electron chi connectivity index (χ3n) is 3.98. The average molecular weight is 335 g/mol. The van der Waals surface area contributed by atoms with Crippen molar-refractivity contribution in [1.29, 1.82) is 0 Å². The van der Waals surface area contributed by atoms with Gasteiger partial charge in [-0.25, -0.2) is 4.79 Å². The van der Waals surface area contributed by atoms with Crippen molar-refractivity contribution in [3.05, 3.63) is 34.9 Å². The summed E-state index contributed by atoms with van der Waals surface area (Å²) in [5, 5.41) is 12.0. The minimum absolute atomic E-state index is 0.126. The van der Waals surface area contributed by atoms with E-state index in [0.29, 0.717) is 18.8 Å². The van der Waals surface area contributed by atoms with Crippen LogP contribution in [0.5, 0.6) is 0 Å². The second-order valence-electron chi connectivity index (χ2n) is 6.19. The number of hydrogen-bond donors (Lipinski definition) is 2. The number of carboxylic acids is 1. The van der Waals surface area contributed by atoms with Crippen molar-refractivity contribution in [2.24, 2.45) is 0 Å². The molecule has 0 aromatic heterocycles. The predicted molar refractivity (Wildman–Crippen MR) is 88.8 cm³/mol. The Balaban J connectivity index is 1.87. The van der Waals surface area contributed by atoms with Crippen LogP contribution in [0.2, 0.25) is 0 Å². The lowest BCUT2D eigenvalue weighted by Crippen LogP contribution is -2.34. The molecule has 0 saturated carbocycles. The molecule has 1 unspecified atom stereocenters. The highest BCUT2D eigenvalue weighted by atomic mass is 16.5. The van der Waals surface area contributed by atoms with Crippen LogP contribution in [0.25, 0.3) is 0 Å². The minimum atomic E-state index is -1.07. The van der Waals surface area contributed by atoms with Gasteiger partial charge in [-0.05, 0) is 32.3 Å². The van der Waals surface area contributed by atoms with E-state index in [1.807, 2.05) is 19.9 Å². The highest BCUT2D eigenvalue weighted by Gasteiger charge is 2.23. The first-order valence-corrected chi connectivity index (χ1v) is 8.25. The Labute approximate surface area is 142 Å². The topological polar surface area (TPSA) is 84.9 Å². The van der Waals surface area contributed by atoms with E-state index in [0.717, 1.165) is 24.0 Å². The van der Waals surface area contributed by atoms with Gasteiger partial charge in [-0.1, -0.05) is 29.3 Å². The van der Waals surface area contributed by atoms with Crippen molar-refractivity contribution in [3.63, 3.8) is 0 Å². The number of carbonyl (C=O) groups is 2. The van der Waals surface area contributed by atoms with Crippen LogP contribution in [-0.2, 0) is 19.1 Å². The number of carbonyl (C=O) groups excluding carboxylic acids is 1. The number of rotatable bonds is 7. The highest BCUT2D eigenvalue weighted by Crippen LogP contribution is 2.18. The van der Waals surface area contributed by atoms with E-state index in [1.165, 1.54) is 0 Å². The number of aliphatic carboxylic acids is 1. The first-order valence-electron chi connectivity index (χ1n) is 8.25. The molecule has 0 bridgehead atoms. The third kappa shape index (κ3) is 5.62. The van der Waals surface area contributed by atoms with Crippen LogP contribution in [0.15, 0.2) is 18.2 Å². The fourth-order valence-corrected chi connectivity index (χ4v) is 2.86. The van der Waals surface area contributed by atoms with Gasteiger partial charge in [0.1, 0.15) is 0 Å². The van der Waals surface area contributed by atoms with Gasteiger partial charge in [0, 0.05) is 13.2 Å². The lowest BCUT2D eigenvalue weighted by atomic mass is 10.0. The van der Waals surface area contributed by atoms with Gasteiger partial charge in [0.2, 0.25) is 5.91 Å². The van der Waals surface area contributed by atoms with Crippen molar-refractivity contribution < 1.29 is 24.2 Å². The molecule has 2 rings (SSSR count). The smallest absolute Gasteiger partial charge is 0.330 e. The molecule has 1 amide bonds. The molecule has 6 heteroatoms. The van der Waals surface area contributed by atoms with E-state index < -0.39 is 12.0 Å². The maximum Gasteiger partial charge on any atom is 0.330 e. The molecule has 0 radical (unpaired) electrons. The maximum absolute atomic E-state index is 12.1. The molecule has 6 nitrogen and oxygen atoms in total. The number of amides is 1. The normalized spacial score (nSPS) is 16.6. The predicted octanol–water partition coefficient (Wildman–Crippen LogP) is 2.13. The zero-order valence-electron chi connectivity index (χ0n) is 14.2. The number of benzene rings is 1. The molecule has 1 heterocycles. The summed E-state index contributed by atoms with van der Waals surface area (Å²) in [4.78, 5) is 23.6.